The Balaban J connectivity index is 1.37. The van der Waals surface area contributed by atoms with Crippen molar-refractivity contribution in [2.45, 2.75) is 19.8 Å². The van der Waals surface area contributed by atoms with Crippen molar-refractivity contribution in [3.05, 3.63) is 121 Å². The fourth-order valence-electron chi connectivity index (χ4n) is 5.78. The molecule has 2 aromatic carbocycles. The maximum Gasteiger partial charge on any atom is 0.296 e. The van der Waals surface area contributed by atoms with Crippen LogP contribution in [0.15, 0.2) is 93.5 Å². The first-order chi connectivity index (χ1) is 20.8. The van der Waals surface area contributed by atoms with Crippen LogP contribution in [0.2, 0.25) is 0 Å². The number of anilines is 3. The summed E-state index contributed by atoms with van der Waals surface area (Å²) < 4.78 is 4.92. The number of carbonyl (C=O) groups excluding carboxylic acids is 1. The average Bonchev–Trinajstić information content (AvgIpc) is 3.42. The highest BCUT2D eigenvalue weighted by Gasteiger charge is 2.38. The summed E-state index contributed by atoms with van der Waals surface area (Å²) in [6.45, 7) is 2.46. The molecule has 0 saturated carbocycles. The van der Waals surface area contributed by atoms with Crippen LogP contribution in [0.5, 0.6) is 0 Å². The van der Waals surface area contributed by atoms with Crippen LogP contribution in [-0.2, 0) is 18.3 Å². The molecule has 1 fully saturated rings. The number of amides is 1. The number of thiocarbonyl (C=S) groups is 1. The highest BCUT2D eigenvalue weighted by atomic mass is 32.2. The van der Waals surface area contributed by atoms with Crippen LogP contribution in [-0.4, -0.2) is 35.5 Å². The summed E-state index contributed by atoms with van der Waals surface area (Å²) >= 11 is 6.73. The number of hydrogen-bond acceptors (Lipinski definition) is 7. The number of hydrogen-bond donors (Lipinski definition) is 0. The predicted molar refractivity (Wildman–Crippen MR) is 175 cm³/mol. The number of fused-ring (bicyclic) bond motifs is 2. The van der Waals surface area contributed by atoms with E-state index in [9.17, 15) is 14.4 Å². The Hall–Kier alpha value is -4.74. The van der Waals surface area contributed by atoms with Gasteiger partial charge in [0.2, 0.25) is 0 Å². The molecule has 3 aromatic heterocycles. The van der Waals surface area contributed by atoms with Crippen molar-refractivity contribution in [2.75, 3.05) is 16.3 Å². The second-order valence-electron chi connectivity index (χ2n) is 10.4. The molecule has 2 aliphatic rings. The van der Waals surface area contributed by atoms with E-state index in [0.717, 1.165) is 30.3 Å². The summed E-state index contributed by atoms with van der Waals surface area (Å²) in [5.41, 5.74) is 3.76. The van der Waals surface area contributed by atoms with E-state index in [1.807, 2.05) is 54.6 Å². The number of aromatic nitrogens is 4. The van der Waals surface area contributed by atoms with Crippen molar-refractivity contribution in [2.24, 2.45) is 7.05 Å². The summed E-state index contributed by atoms with van der Waals surface area (Å²) in [5, 5.41) is 0. The summed E-state index contributed by atoms with van der Waals surface area (Å²) in [5.74, 6) is 0.0273. The molecule has 9 nitrogen and oxygen atoms in total. The van der Waals surface area contributed by atoms with Gasteiger partial charge in [0.1, 0.15) is 17.2 Å². The minimum absolute atomic E-state index is 0.191. The van der Waals surface area contributed by atoms with E-state index in [-0.39, 0.29) is 31.6 Å². The van der Waals surface area contributed by atoms with Gasteiger partial charge in [-0.05, 0) is 61.7 Å². The number of aryl methyl sites for hydroxylation is 1. The minimum atomic E-state index is -0.455. The third-order valence-corrected chi connectivity index (χ3v) is 9.23. The number of pyridine rings is 1. The third-order valence-electron chi connectivity index (χ3n) is 7.93. The maximum atomic E-state index is 14.0. The molecule has 0 radical (unpaired) electrons. The molecule has 0 aliphatic carbocycles. The highest BCUT2D eigenvalue weighted by molar-refractivity contribution is 8.27. The second kappa shape index (κ2) is 10.5. The Morgan fingerprint density at radius 3 is 2.49 bits per heavy atom. The Labute approximate surface area is 256 Å². The normalized spacial score (nSPS) is 16.0. The summed E-state index contributed by atoms with van der Waals surface area (Å²) in [6, 6.07) is 22.7. The van der Waals surface area contributed by atoms with Crippen LogP contribution >= 0.6 is 24.0 Å². The van der Waals surface area contributed by atoms with Crippen molar-refractivity contribution in [3.8, 4) is 5.69 Å². The number of thioether (sulfide) groups is 1. The van der Waals surface area contributed by atoms with Crippen molar-refractivity contribution in [1.82, 2.24) is 18.7 Å². The molecule has 0 bridgehead atoms. The van der Waals surface area contributed by atoms with Crippen LogP contribution in [0, 0.1) is 6.92 Å². The lowest BCUT2D eigenvalue weighted by Crippen LogP contribution is -2.33. The van der Waals surface area contributed by atoms with E-state index in [1.165, 1.54) is 19.5 Å². The first-order valence-corrected chi connectivity index (χ1v) is 15.1. The van der Waals surface area contributed by atoms with Gasteiger partial charge in [0, 0.05) is 25.5 Å². The molecule has 0 N–H and O–H groups in total. The fraction of sp³-hybridized carbons (Fsp3) is 0.156. The van der Waals surface area contributed by atoms with Gasteiger partial charge in [0.05, 0.1) is 21.8 Å². The van der Waals surface area contributed by atoms with Crippen LogP contribution in [0.1, 0.15) is 23.2 Å². The first-order valence-electron chi connectivity index (χ1n) is 13.8. The molecule has 0 spiro atoms. The SMILES string of the molecule is Cc1c(N2C(=O)/C(=C\c3c(N4CCCc5ccccc54)nc4ccccn4c3=O)SC2=S)c(=O)n(-c2ccccc2)n1C. The van der Waals surface area contributed by atoms with E-state index in [2.05, 4.69) is 11.0 Å². The van der Waals surface area contributed by atoms with Crippen molar-refractivity contribution in [3.63, 3.8) is 0 Å². The number of nitrogens with zero attached hydrogens (tertiary/aromatic N) is 6. The number of para-hydroxylation sites is 2. The molecular formula is C32H26N6O3S2. The lowest BCUT2D eigenvalue weighted by molar-refractivity contribution is -0.113. The number of carbonyl (C=O) groups is 1. The zero-order valence-electron chi connectivity index (χ0n) is 23.4. The van der Waals surface area contributed by atoms with Gasteiger partial charge in [0.15, 0.2) is 4.32 Å². The smallest absolute Gasteiger partial charge is 0.296 e. The highest BCUT2D eigenvalue weighted by Crippen LogP contribution is 2.39. The van der Waals surface area contributed by atoms with Crippen LogP contribution < -0.4 is 20.9 Å². The largest absolute Gasteiger partial charge is 0.325 e. The van der Waals surface area contributed by atoms with Gasteiger partial charge in [-0.1, -0.05) is 66.4 Å². The van der Waals surface area contributed by atoms with Gasteiger partial charge in [-0.3, -0.25) is 28.4 Å². The zero-order chi connectivity index (χ0) is 29.8. The lowest BCUT2D eigenvalue weighted by atomic mass is 10.0. The van der Waals surface area contributed by atoms with E-state index in [4.69, 9.17) is 17.2 Å². The van der Waals surface area contributed by atoms with Crippen LogP contribution in [0.25, 0.3) is 17.4 Å². The molecule has 0 unspecified atom stereocenters. The standard InChI is InChI=1S/C32H26N6O3S2/c1-20-27(31(41)38(34(20)2)22-13-4-3-5-14-22)37-30(40)25(43-32(37)42)19-23-28(33-26-16-8-9-17-36(26)29(23)39)35-18-10-12-21-11-6-7-15-24(21)35/h3-9,11,13-17,19H,10,12,18H2,1-2H3/b25-19+. The molecule has 5 heterocycles. The summed E-state index contributed by atoms with van der Waals surface area (Å²) in [6.07, 6.45) is 5.08. The Kier molecular flexibility index (Phi) is 6.63. The van der Waals surface area contributed by atoms with Crippen molar-refractivity contribution < 1.29 is 4.79 Å². The second-order valence-corrected chi connectivity index (χ2v) is 12.1. The van der Waals surface area contributed by atoms with E-state index in [1.54, 1.807) is 43.1 Å². The third kappa shape index (κ3) is 4.34. The van der Waals surface area contributed by atoms with Crippen LogP contribution in [0.4, 0.5) is 17.2 Å². The lowest BCUT2D eigenvalue weighted by Gasteiger charge is -2.31. The van der Waals surface area contributed by atoms with E-state index in [0.29, 0.717) is 29.4 Å². The Morgan fingerprint density at radius 1 is 0.930 bits per heavy atom. The Bertz CT molecular complexity index is 2110. The maximum absolute atomic E-state index is 14.0. The van der Waals surface area contributed by atoms with Crippen molar-refractivity contribution >= 4 is 63.1 Å². The molecule has 214 valence electrons. The molecule has 11 heteroatoms. The van der Waals surface area contributed by atoms with Gasteiger partial charge < -0.3 is 4.90 Å². The summed E-state index contributed by atoms with van der Waals surface area (Å²) in [7, 11) is 1.77. The molecule has 5 aromatic rings. The predicted octanol–water partition coefficient (Wildman–Crippen LogP) is 4.98. The van der Waals surface area contributed by atoms with Crippen molar-refractivity contribution in [1.29, 1.82) is 0 Å². The average molecular weight is 607 g/mol. The number of rotatable bonds is 4. The van der Waals surface area contributed by atoms with E-state index >= 15 is 0 Å². The van der Waals surface area contributed by atoms with E-state index < -0.39 is 5.91 Å². The molecule has 43 heavy (non-hydrogen) atoms. The molecule has 1 saturated heterocycles. The van der Waals surface area contributed by atoms with Gasteiger partial charge in [0.25, 0.3) is 17.0 Å². The number of benzene rings is 2. The van der Waals surface area contributed by atoms with Gasteiger partial charge in [-0.25, -0.2) is 9.67 Å². The first kappa shape index (κ1) is 27.1. The Morgan fingerprint density at radius 2 is 1.67 bits per heavy atom. The van der Waals surface area contributed by atoms with Crippen LogP contribution in [0.3, 0.4) is 0 Å². The monoisotopic (exact) mass is 606 g/mol. The van der Waals surface area contributed by atoms with Gasteiger partial charge in [-0.2, -0.15) is 0 Å². The summed E-state index contributed by atoms with van der Waals surface area (Å²) in [4.78, 5) is 50.2. The molecule has 7 rings (SSSR count). The molecular weight excluding hydrogens is 581 g/mol. The van der Waals surface area contributed by atoms with Gasteiger partial charge >= 0.3 is 0 Å². The minimum Gasteiger partial charge on any atom is -0.325 e. The zero-order valence-corrected chi connectivity index (χ0v) is 25.1. The van der Waals surface area contributed by atoms with Gasteiger partial charge in [-0.15, -0.1) is 0 Å². The fourth-order valence-corrected chi connectivity index (χ4v) is 7.03. The topological polar surface area (TPSA) is 84.9 Å². The molecule has 2 aliphatic heterocycles. The quantitative estimate of drug-likeness (QED) is 0.211. The molecule has 1 amide bonds. The molecule has 0 atom stereocenters.